The molecule has 5 nitrogen and oxygen atoms in total. The summed E-state index contributed by atoms with van der Waals surface area (Å²) in [6, 6.07) is 12.5. The average molecular weight is 437 g/mol. The van der Waals surface area contributed by atoms with E-state index in [1.807, 2.05) is 18.5 Å². The molecule has 1 aliphatic heterocycles. The number of likely N-dealkylation sites (tertiary alicyclic amines) is 1. The van der Waals surface area contributed by atoms with Gasteiger partial charge in [0.15, 0.2) is 0 Å². The normalized spacial score (nSPS) is 15.1. The Kier molecular flexibility index (Phi) is 6.73. The molecular weight excluding hydrogens is 408 g/mol. The largest absolute Gasteiger partial charge is 0.457 e. The van der Waals surface area contributed by atoms with Crippen LogP contribution in [0, 0.1) is 20.8 Å². The van der Waals surface area contributed by atoms with E-state index in [1.54, 1.807) is 6.07 Å². The van der Waals surface area contributed by atoms with E-state index in [0.717, 1.165) is 55.2 Å². The van der Waals surface area contributed by atoms with Crippen LogP contribution >= 0.6 is 11.6 Å². The van der Waals surface area contributed by atoms with Gasteiger partial charge in [-0.05, 0) is 62.4 Å². The summed E-state index contributed by atoms with van der Waals surface area (Å²) in [5.41, 5.74) is 4.76. The second-order valence-electron chi connectivity index (χ2n) is 8.39. The number of pyridine rings is 2. The minimum Gasteiger partial charge on any atom is -0.457 e. The molecule has 1 N–H and O–H groups in total. The fourth-order valence-corrected chi connectivity index (χ4v) is 4.44. The highest BCUT2D eigenvalue weighted by molar-refractivity contribution is 6.29. The molecular formula is C25H29ClN4O. The molecule has 2 aromatic heterocycles. The first kappa shape index (κ1) is 21.6. The quantitative estimate of drug-likeness (QED) is 0.485. The number of anilines is 1. The minimum atomic E-state index is 0.371. The van der Waals surface area contributed by atoms with E-state index in [1.165, 1.54) is 11.1 Å². The molecule has 0 radical (unpaired) electrons. The first-order valence-electron chi connectivity index (χ1n) is 10.8. The van der Waals surface area contributed by atoms with Gasteiger partial charge in [0, 0.05) is 50.2 Å². The van der Waals surface area contributed by atoms with Crippen LogP contribution in [0.3, 0.4) is 0 Å². The number of piperidine rings is 1. The Balaban J connectivity index is 1.38. The molecule has 0 aliphatic carbocycles. The first-order chi connectivity index (χ1) is 15.0. The number of hydrogen-bond acceptors (Lipinski definition) is 5. The maximum atomic E-state index is 6.31. The highest BCUT2D eigenvalue weighted by Crippen LogP contribution is 2.32. The van der Waals surface area contributed by atoms with Crippen LogP contribution in [0.2, 0.25) is 5.15 Å². The fraction of sp³-hybridized carbons (Fsp3) is 0.360. The van der Waals surface area contributed by atoms with E-state index in [-0.39, 0.29) is 0 Å². The van der Waals surface area contributed by atoms with Gasteiger partial charge >= 0.3 is 0 Å². The van der Waals surface area contributed by atoms with Crippen molar-refractivity contribution < 1.29 is 4.74 Å². The maximum Gasteiger partial charge on any atom is 0.135 e. The van der Waals surface area contributed by atoms with Crippen LogP contribution in [-0.2, 0) is 6.54 Å². The first-order valence-corrected chi connectivity index (χ1v) is 11.1. The molecule has 0 saturated carbocycles. The van der Waals surface area contributed by atoms with Crippen molar-refractivity contribution in [2.75, 3.05) is 18.4 Å². The van der Waals surface area contributed by atoms with Crippen molar-refractivity contribution in [2.45, 2.75) is 46.2 Å². The van der Waals surface area contributed by atoms with Crippen molar-refractivity contribution in [3.63, 3.8) is 0 Å². The Labute approximate surface area is 189 Å². The Morgan fingerprint density at radius 1 is 1.03 bits per heavy atom. The number of halogens is 1. The summed E-state index contributed by atoms with van der Waals surface area (Å²) in [6.45, 7) is 9.29. The number of nitrogens with one attached hydrogen (secondary N) is 1. The zero-order valence-electron chi connectivity index (χ0n) is 18.4. The number of benzene rings is 1. The summed E-state index contributed by atoms with van der Waals surface area (Å²) in [5, 5.41) is 3.99. The number of nitrogens with zero attached hydrogens (tertiary/aromatic N) is 3. The standard InChI is InChI=1S/C25H29ClN4O/c1-17-12-18(2)25(19(3)13-17)31-22-14-23(26)29-24(15-22)28-21-6-10-30(11-7-21)16-20-4-8-27-9-5-20/h4-5,8-9,12-15,21H,6-7,10-11,16H2,1-3H3,(H,28,29). The molecule has 0 amide bonds. The van der Waals surface area contributed by atoms with Crippen molar-refractivity contribution in [1.82, 2.24) is 14.9 Å². The number of hydrogen-bond donors (Lipinski definition) is 1. The monoisotopic (exact) mass is 436 g/mol. The molecule has 4 rings (SSSR count). The van der Waals surface area contributed by atoms with E-state index in [4.69, 9.17) is 16.3 Å². The number of rotatable bonds is 6. The molecule has 6 heteroatoms. The third kappa shape index (κ3) is 5.75. The summed E-state index contributed by atoms with van der Waals surface area (Å²) in [7, 11) is 0. The third-order valence-electron chi connectivity index (χ3n) is 5.69. The lowest BCUT2D eigenvalue weighted by Gasteiger charge is -2.32. The van der Waals surface area contributed by atoms with Gasteiger partial charge in [-0.2, -0.15) is 0 Å². The van der Waals surface area contributed by atoms with Gasteiger partial charge in [0.05, 0.1) is 0 Å². The molecule has 0 unspecified atom stereocenters. The van der Waals surface area contributed by atoms with Crippen molar-refractivity contribution in [2.24, 2.45) is 0 Å². The molecule has 0 spiro atoms. The molecule has 0 bridgehead atoms. The Morgan fingerprint density at radius 3 is 2.39 bits per heavy atom. The summed E-state index contributed by atoms with van der Waals surface area (Å²) in [4.78, 5) is 11.0. The molecule has 1 saturated heterocycles. The molecule has 1 aliphatic rings. The molecule has 0 atom stereocenters. The van der Waals surface area contributed by atoms with E-state index in [2.05, 4.69) is 65.2 Å². The van der Waals surface area contributed by atoms with Crippen molar-refractivity contribution in [3.8, 4) is 11.5 Å². The summed E-state index contributed by atoms with van der Waals surface area (Å²) in [6.07, 6.45) is 5.83. The van der Waals surface area contributed by atoms with E-state index < -0.39 is 0 Å². The highest BCUT2D eigenvalue weighted by atomic mass is 35.5. The average Bonchev–Trinajstić information content (AvgIpc) is 2.72. The van der Waals surface area contributed by atoms with E-state index >= 15 is 0 Å². The lowest BCUT2D eigenvalue weighted by molar-refractivity contribution is 0.211. The van der Waals surface area contributed by atoms with Gasteiger partial charge < -0.3 is 10.1 Å². The molecule has 3 heterocycles. The van der Waals surface area contributed by atoms with Crippen LogP contribution < -0.4 is 10.1 Å². The lowest BCUT2D eigenvalue weighted by atomic mass is 10.0. The van der Waals surface area contributed by atoms with E-state index in [9.17, 15) is 0 Å². The zero-order chi connectivity index (χ0) is 21.8. The van der Waals surface area contributed by atoms with Gasteiger partial charge in [0.1, 0.15) is 22.5 Å². The smallest absolute Gasteiger partial charge is 0.135 e. The van der Waals surface area contributed by atoms with Crippen LogP contribution in [0.5, 0.6) is 11.5 Å². The minimum absolute atomic E-state index is 0.371. The summed E-state index contributed by atoms with van der Waals surface area (Å²) in [5.74, 6) is 2.34. The molecule has 1 aromatic carbocycles. The number of aryl methyl sites for hydroxylation is 3. The SMILES string of the molecule is Cc1cc(C)c(Oc2cc(Cl)nc(NC3CCN(Cc4ccncc4)CC3)c2)c(C)c1. The Hall–Kier alpha value is -2.63. The highest BCUT2D eigenvalue weighted by Gasteiger charge is 2.20. The van der Waals surface area contributed by atoms with Crippen molar-refractivity contribution in [1.29, 1.82) is 0 Å². The van der Waals surface area contributed by atoms with Gasteiger partial charge in [0.25, 0.3) is 0 Å². The van der Waals surface area contributed by atoms with Crippen LogP contribution in [0.1, 0.15) is 35.1 Å². The lowest BCUT2D eigenvalue weighted by Crippen LogP contribution is -2.38. The third-order valence-corrected chi connectivity index (χ3v) is 5.88. The van der Waals surface area contributed by atoms with Crippen LogP contribution in [0.15, 0.2) is 48.8 Å². The number of aromatic nitrogens is 2. The Bertz CT molecular complexity index is 1010. The molecule has 1 fully saturated rings. The fourth-order valence-electron chi connectivity index (χ4n) is 4.24. The molecule has 162 valence electrons. The molecule has 31 heavy (non-hydrogen) atoms. The number of ether oxygens (including phenoxy) is 1. The second-order valence-corrected chi connectivity index (χ2v) is 8.78. The predicted molar refractivity (Wildman–Crippen MR) is 126 cm³/mol. The Morgan fingerprint density at radius 2 is 1.71 bits per heavy atom. The zero-order valence-corrected chi connectivity index (χ0v) is 19.1. The van der Waals surface area contributed by atoms with E-state index in [0.29, 0.717) is 16.9 Å². The summed E-state index contributed by atoms with van der Waals surface area (Å²) >= 11 is 6.31. The van der Waals surface area contributed by atoms with Gasteiger partial charge in [-0.25, -0.2) is 4.98 Å². The van der Waals surface area contributed by atoms with Gasteiger partial charge in [-0.3, -0.25) is 9.88 Å². The maximum absolute atomic E-state index is 6.31. The van der Waals surface area contributed by atoms with Crippen molar-refractivity contribution >= 4 is 17.4 Å². The van der Waals surface area contributed by atoms with Crippen LogP contribution in [-0.4, -0.2) is 34.0 Å². The van der Waals surface area contributed by atoms with Crippen molar-refractivity contribution in [3.05, 3.63) is 76.2 Å². The summed E-state index contributed by atoms with van der Waals surface area (Å²) < 4.78 is 6.21. The van der Waals surface area contributed by atoms with Crippen LogP contribution in [0.4, 0.5) is 5.82 Å². The second kappa shape index (κ2) is 9.67. The van der Waals surface area contributed by atoms with Gasteiger partial charge in [-0.1, -0.05) is 29.3 Å². The van der Waals surface area contributed by atoms with Crippen LogP contribution in [0.25, 0.3) is 0 Å². The molecule has 3 aromatic rings. The predicted octanol–water partition coefficient (Wildman–Crippen LogP) is 5.92. The van der Waals surface area contributed by atoms with Gasteiger partial charge in [-0.15, -0.1) is 0 Å². The van der Waals surface area contributed by atoms with Gasteiger partial charge in [0.2, 0.25) is 0 Å². The topological polar surface area (TPSA) is 50.3 Å².